The SMILES string of the molecule is O=CNCCNC(=O)C1CCC2(CCNCC2)CC1. The molecule has 2 rings (SSSR count). The molecule has 5 heteroatoms. The minimum absolute atomic E-state index is 0.163. The van der Waals surface area contributed by atoms with Crippen LogP contribution in [-0.4, -0.2) is 38.5 Å². The van der Waals surface area contributed by atoms with E-state index in [1.54, 1.807) is 0 Å². The molecule has 0 radical (unpaired) electrons. The van der Waals surface area contributed by atoms with Gasteiger partial charge in [0.15, 0.2) is 0 Å². The maximum absolute atomic E-state index is 12.0. The van der Waals surface area contributed by atoms with E-state index in [1.165, 1.54) is 25.7 Å². The quantitative estimate of drug-likeness (QED) is 0.499. The third-order valence-electron chi connectivity index (χ3n) is 4.73. The van der Waals surface area contributed by atoms with Crippen LogP contribution < -0.4 is 16.0 Å². The van der Waals surface area contributed by atoms with Crippen molar-refractivity contribution in [3.63, 3.8) is 0 Å². The first-order valence-electron chi connectivity index (χ1n) is 7.41. The van der Waals surface area contributed by atoms with Gasteiger partial charge in [0.25, 0.3) is 0 Å². The Bertz CT molecular complexity index is 304. The number of hydrogen-bond acceptors (Lipinski definition) is 3. The molecule has 2 aliphatic rings. The number of nitrogens with one attached hydrogen (secondary N) is 3. The normalized spacial score (nSPS) is 22.9. The molecule has 2 fully saturated rings. The maximum atomic E-state index is 12.0. The van der Waals surface area contributed by atoms with Crippen LogP contribution in [0.2, 0.25) is 0 Å². The molecule has 108 valence electrons. The van der Waals surface area contributed by atoms with E-state index in [0.29, 0.717) is 24.9 Å². The molecule has 0 bridgehead atoms. The van der Waals surface area contributed by atoms with Gasteiger partial charge in [-0.25, -0.2) is 0 Å². The minimum atomic E-state index is 0.163. The molecular formula is C14H25N3O2. The van der Waals surface area contributed by atoms with Gasteiger partial charge in [0.05, 0.1) is 0 Å². The van der Waals surface area contributed by atoms with Crippen LogP contribution in [0.4, 0.5) is 0 Å². The van der Waals surface area contributed by atoms with Crippen LogP contribution in [-0.2, 0) is 9.59 Å². The van der Waals surface area contributed by atoms with Gasteiger partial charge in [-0.05, 0) is 57.0 Å². The van der Waals surface area contributed by atoms with E-state index < -0.39 is 0 Å². The monoisotopic (exact) mass is 267 g/mol. The second-order valence-electron chi connectivity index (χ2n) is 5.89. The zero-order valence-corrected chi connectivity index (χ0v) is 11.5. The molecule has 1 spiro atoms. The molecule has 2 amide bonds. The number of piperidine rings is 1. The number of carbonyl (C=O) groups excluding carboxylic acids is 2. The highest BCUT2D eigenvalue weighted by Crippen LogP contribution is 2.44. The van der Waals surface area contributed by atoms with Crippen molar-refractivity contribution in [3.05, 3.63) is 0 Å². The zero-order valence-electron chi connectivity index (χ0n) is 11.5. The molecule has 5 nitrogen and oxygen atoms in total. The van der Waals surface area contributed by atoms with Gasteiger partial charge >= 0.3 is 0 Å². The first-order chi connectivity index (χ1) is 9.26. The van der Waals surface area contributed by atoms with Crippen LogP contribution in [0.1, 0.15) is 38.5 Å². The van der Waals surface area contributed by atoms with Gasteiger partial charge in [0, 0.05) is 19.0 Å². The van der Waals surface area contributed by atoms with Crippen molar-refractivity contribution in [2.75, 3.05) is 26.2 Å². The van der Waals surface area contributed by atoms with Crippen LogP contribution in [0.25, 0.3) is 0 Å². The molecule has 1 saturated heterocycles. The minimum Gasteiger partial charge on any atom is -0.357 e. The number of carbonyl (C=O) groups is 2. The summed E-state index contributed by atoms with van der Waals surface area (Å²) in [6.07, 6.45) is 7.63. The van der Waals surface area contributed by atoms with Gasteiger partial charge < -0.3 is 16.0 Å². The summed E-state index contributed by atoms with van der Waals surface area (Å²) in [5.41, 5.74) is 0.515. The average molecular weight is 267 g/mol. The largest absolute Gasteiger partial charge is 0.357 e. The fourth-order valence-corrected chi connectivity index (χ4v) is 3.41. The van der Waals surface area contributed by atoms with Crippen molar-refractivity contribution in [1.29, 1.82) is 0 Å². The Morgan fingerprint density at radius 1 is 1.16 bits per heavy atom. The van der Waals surface area contributed by atoms with Gasteiger partial charge in [0.1, 0.15) is 0 Å². The average Bonchev–Trinajstić information content (AvgIpc) is 2.45. The second-order valence-corrected chi connectivity index (χ2v) is 5.89. The van der Waals surface area contributed by atoms with Gasteiger partial charge in [-0.2, -0.15) is 0 Å². The van der Waals surface area contributed by atoms with Crippen LogP contribution >= 0.6 is 0 Å². The second kappa shape index (κ2) is 6.89. The summed E-state index contributed by atoms with van der Waals surface area (Å²) < 4.78 is 0. The van der Waals surface area contributed by atoms with E-state index in [1.807, 2.05) is 0 Å². The highest BCUT2D eigenvalue weighted by Gasteiger charge is 2.37. The molecule has 1 aliphatic heterocycles. The van der Waals surface area contributed by atoms with Crippen molar-refractivity contribution >= 4 is 12.3 Å². The highest BCUT2D eigenvalue weighted by molar-refractivity contribution is 5.78. The maximum Gasteiger partial charge on any atom is 0.223 e. The lowest BCUT2D eigenvalue weighted by Crippen LogP contribution is -2.42. The Balaban J connectivity index is 1.70. The van der Waals surface area contributed by atoms with E-state index >= 15 is 0 Å². The molecule has 1 heterocycles. The molecule has 1 aliphatic carbocycles. The Morgan fingerprint density at radius 2 is 1.84 bits per heavy atom. The van der Waals surface area contributed by atoms with Crippen LogP contribution in [0.3, 0.4) is 0 Å². The summed E-state index contributed by atoms with van der Waals surface area (Å²) in [5, 5.41) is 8.87. The lowest BCUT2D eigenvalue weighted by molar-refractivity contribution is -0.127. The smallest absolute Gasteiger partial charge is 0.223 e. The number of hydrogen-bond donors (Lipinski definition) is 3. The topological polar surface area (TPSA) is 70.2 Å². The van der Waals surface area contributed by atoms with Gasteiger partial charge in [-0.15, -0.1) is 0 Å². The van der Waals surface area contributed by atoms with Gasteiger partial charge in [-0.1, -0.05) is 0 Å². The predicted molar refractivity (Wildman–Crippen MR) is 73.6 cm³/mol. The first kappa shape index (κ1) is 14.3. The van der Waals surface area contributed by atoms with Crippen molar-refractivity contribution in [1.82, 2.24) is 16.0 Å². The van der Waals surface area contributed by atoms with E-state index in [4.69, 9.17) is 0 Å². The number of rotatable bonds is 5. The summed E-state index contributed by atoms with van der Waals surface area (Å²) >= 11 is 0. The van der Waals surface area contributed by atoms with Crippen LogP contribution in [0, 0.1) is 11.3 Å². The molecule has 0 aromatic rings. The fraction of sp³-hybridized carbons (Fsp3) is 0.857. The van der Waals surface area contributed by atoms with Crippen LogP contribution in [0.15, 0.2) is 0 Å². The third kappa shape index (κ3) is 3.93. The predicted octanol–water partition coefficient (Wildman–Crippen LogP) is 0.409. The highest BCUT2D eigenvalue weighted by atomic mass is 16.2. The van der Waals surface area contributed by atoms with E-state index in [-0.39, 0.29) is 11.8 Å². The molecule has 19 heavy (non-hydrogen) atoms. The fourth-order valence-electron chi connectivity index (χ4n) is 3.41. The van der Waals surface area contributed by atoms with Crippen LogP contribution in [0.5, 0.6) is 0 Å². The molecule has 0 unspecified atom stereocenters. The number of amides is 2. The van der Waals surface area contributed by atoms with Crippen molar-refractivity contribution in [3.8, 4) is 0 Å². The summed E-state index contributed by atoms with van der Waals surface area (Å²) in [6.45, 7) is 3.31. The van der Waals surface area contributed by atoms with Gasteiger partial charge in [-0.3, -0.25) is 9.59 Å². The van der Waals surface area contributed by atoms with Crippen molar-refractivity contribution in [2.45, 2.75) is 38.5 Å². The standard InChI is InChI=1S/C14H25N3O2/c18-11-16-9-10-17-13(19)12-1-3-14(4-2-12)5-7-15-8-6-14/h11-12,15H,1-10H2,(H,16,18)(H,17,19). The Labute approximate surface area is 114 Å². The molecular weight excluding hydrogens is 242 g/mol. The van der Waals surface area contributed by atoms with E-state index in [0.717, 1.165) is 25.9 Å². The third-order valence-corrected chi connectivity index (χ3v) is 4.73. The molecule has 3 N–H and O–H groups in total. The lowest BCUT2D eigenvalue weighted by atomic mass is 9.65. The van der Waals surface area contributed by atoms with E-state index in [9.17, 15) is 9.59 Å². The summed E-state index contributed by atoms with van der Waals surface area (Å²) in [7, 11) is 0. The van der Waals surface area contributed by atoms with E-state index in [2.05, 4.69) is 16.0 Å². The molecule has 0 atom stereocenters. The Morgan fingerprint density at radius 3 is 2.47 bits per heavy atom. The summed E-state index contributed by atoms with van der Waals surface area (Å²) in [5.74, 6) is 0.341. The Hall–Kier alpha value is -1.10. The molecule has 0 aromatic carbocycles. The molecule has 0 aromatic heterocycles. The lowest BCUT2D eigenvalue weighted by Gasteiger charge is -2.42. The molecule has 1 saturated carbocycles. The van der Waals surface area contributed by atoms with Crippen molar-refractivity contribution < 1.29 is 9.59 Å². The van der Waals surface area contributed by atoms with Crippen molar-refractivity contribution in [2.24, 2.45) is 11.3 Å². The first-order valence-corrected chi connectivity index (χ1v) is 7.41. The summed E-state index contributed by atoms with van der Waals surface area (Å²) in [6, 6.07) is 0. The Kier molecular flexibility index (Phi) is 5.19. The zero-order chi connectivity index (χ0) is 13.6. The summed E-state index contributed by atoms with van der Waals surface area (Å²) in [4.78, 5) is 22.1. The van der Waals surface area contributed by atoms with Gasteiger partial charge in [0.2, 0.25) is 12.3 Å².